The molecule has 5 nitrogen and oxygen atoms in total. The number of nitrogens with zero attached hydrogens (tertiary/aromatic N) is 1. The SMILES string of the molecule is COc1cc(NC(=O)CCC#N)c(OC)cc1Cl. The van der Waals surface area contributed by atoms with Crippen LogP contribution in [0.2, 0.25) is 5.02 Å². The lowest BCUT2D eigenvalue weighted by atomic mass is 10.2. The first-order chi connectivity index (χ1) is 8.62. The van der Waals surface area contributed by atoms with Crippen molar-refractivity contribution in [1.82, 2.24) is 0 Å². The van der Waals surface area contributed by atoms with E-state index < -0.39 is 0 Å². The summed E-state index contributed by atoms with van der Waals surface area (Å²) in [6, 6.07) is 5.04. The van der Waals surface area contributed by atoms with Gasteiger partial charge in [0.15, 0.2) is 0 Å². The molecule has 0 unspecified atom stereocenters. The normalized spacial score (nSPS) is 9.44. The molecule has 1 aromatic carbocycles. The number of benzene rings is 1. The number of methoxy groups -OCH3 is 2. The summed E-state index contributed by atoms with van der Waals surface area (Å²) in [5.41, 5.74) is 0.460. The molecule has 0 atom stereocenters. The van der Waals surface area contributed by atoms with Crippen molar-refractivity contribution in [3.63, 3.8) is 0 Å². The van der Waals surface area contributed by atoms with Crippen LogP contribution in [0.1, 0.15) is 12.8 Å². The fraction of sp³-hybridized carbons (Fsp3) is 0.333. The van der Waals surface area contributed by atoms with Crippen molar-refractivity contribution in [3.8, 4) is 17.6 Å². The minimum Gasteiger partial charge on any atom is -0.495 e. The maximum atomic E-state index is 11.5. The summed E-state index contributed by atoms with van der Waals surface area (Å²) >= 11 is 5.94. The summed E-state index contributed by atoms with van der Waals surface area (Å²) in [4.78, 5) is 11.5. The van der Waals surface area contributed by atoms with E-state index in [-0.39, 0.29) is 18.7 Å². The zero-order valence-corrected chi connectivity index (χ0v) is 10.9. The largest absolute Gasteiger partial charge is 0.495 e. The van der Waals surface area contributed by atoms with Gasteiger partial charge in [0.1, 0.15) is 11.5 Å². The Hall–Kier alpha value is -1.93. The van der Waals surface area contributed by atoms with E-state index in [2.05, 4.69) is 5.32 Å². The molecule has 0 saturated heterocycles. The lowest BCUT2D eigenvalue weighted by Crippen LogP contribution is -2.11. The van der Waals surface area contributed by atoms with Crippen molar-refractivity contribution in [1.29, 1.82) is 5.26 Å². The molecule has 0 bridgehead atoms. The van der Waals surface area contributed by atoms with E-state index in [0.29, 0.717) is 22.2 Å². The van der Waals surface area contributed by atoms with Crippen molar-refractivity contribution in [2.24, 2.45) is 0 Å². The van der Waals surface area contributed by atoms with Gasteiger partial charge in [0.2, 0.25) is 5.91 Å². The highest BCUT2D eigenvalue weighted by molar-refractivity contribution is 6.32. The number of nitrogens with one attached hydrogen (secondary N) is 1. The van der Waals surface area contributed by atoms with E-state index in [1.165, 1.54) is 14.2 Å². The van der Waals surface area contributed by atoms with Gasteiger partial charge < -0.3 is 14.8 Å². The average molecular weight is 269 g/mol. The summed E-state index contributed by atoms with van der Waals surface area (Å²) < 4.78 is 10.2. The fourth-order valence-corrected chi connectivity index (χ4v) is 1.57. The Balaban J connectivity index is 2.93. The van der Waals surface area contributed by atoms with Crippen molar-refractivity contribution in [2.45, 2.75) is 12.8 Å². The van der Waals surface area contributed by atoms with Gasteiger partial charge in [-0.15, -0.1) is 0 Å². The Morgan fingerprint density at radius 1 is 1.39 bits per heavy atom. The molecule has 96 valence electrons. The molecule has 0 aliphatic rings. The average Bonchev–Trinajstić information content (AvgIpc) is 2.37. The number of anilines is 1. The molecule has 6 heteroatoms. The maximum Gasteiger partial charge on any atom is 0.225 e. The number of rotatable bonds is 5. The van der Waals surface area contributed by atoms with Gasteiger partial charge in [0.25, 0.3) is 0 Å². The number of amides is 1. The molecule has 0 radical (unpaired) electrons. The van der Waals surface area contributed by atoms with Crippen LogP contribution in [-0.4, -0.2) is 20.1 Å². The summed E-state index contributed by atoms with van der Waals surface area (Å²) in [7, 11) is 2.96. The second-order valence-corrected chi connectivity index (χ2v) is 3.80. The predicted octanol–water partition coefficient (Wildman–Crippen LogP) is 2.60. The van der Waals surface area contributed by atoms with Crippen LogP contribution in [0.5, 0.6) is 11.5 Å². The minimum absolute atomic E-state index is 0.130. The highest BCUT2D eigenvalue weighted by Crippen LogP contribution is 2.35. The third-order valence-corrected chi connectivity index (χ3v) is 2.51. The topological polar surface area (TPSA) is 71.3 Å². The van der Waals surface area contributed by atoms with E-state index in [4.69, 9.17) is 26.3 Å². The second-order valence-electron chi connectivity index (χ2n) is 3.39. The number of hydrogen-bond acceptors (Lipinski definition) is 4. The van der Waals surface area contributed by atoms with Gasteiger partial charge in [-0.2, -0.15) is 5.26 Å². The van der Waals surface area contributed by atoms with E-state index in [1.54, 1.807) is 12.1 Å². The molecule has 0 aliphatic heterocycles. The number of carbonyl (C=O) groups is 1. The van der Waals surface area contributed by atoms with Crippen molar-refractivity contribution < 1.29 is 14.3 Å². The highest BCUT2D eigenvalue weighted by Gasteiger charge is 2.12. The standard InChI is InChI=1S/C12H13ClN2O3/c1-17-10-7-9(11(18-2)6-8(10)13)15-12(16)4-3-5-14/h6-7H,3-4H2,1-2H3,(H,15,16). The van der Waals surface area contributed by atoms with Crippen LogP contribution in [-0.2, 0) is 4.79 Å². The van der Waals surface area contributed by atoms with Gasteiger partial charge in [-0.3, -0.25) is 4.79 Å². The van der Waals surface area contributed by atoms with Gasteiger partial charge in [0, 0.05) is 25.0 Å². The number of ether oxygens (including phenoxy) is 2. The highest BCUT2D eigenvalue weighted by atomic mass is 35.5. The number of nitriles is 1. The monoisotopic (exact) mass is 268 g/mol. The van der Waals surface area contributed by atoms with Gasteiger partial charge in [-0.05, 0) is 0 Å². The molecule has 0 spiro atoms. The molecule has 0 fully saturated rings. The summed E-state index contributed by atoms with van der Waals surface area (Å²) in [5, 5.41) is 11.4. The molecule has 0 heterocycles. The number of carbonyl (C=O) groups excluding carboxylic acids is 1. The summed E-state index contributed by atoms with van der Waals surface area (Å²) in [6.45, 7) is 0. The summed E-state index contributed by atoms with van der Waals surface area (Å²) in [5.74, 6) is 0.610. The Kier molecular flexibility index (Phi) is 5.28. The molecular formula is C12H13ClN2O3. The van der Waals surface area contributed by atoms with Crippen LogP contribution in [0.25, 0.3) is 0 Å². The van der Waals surface area contributed by atoms with Crippen molar-refractivity contribution in [2.75, 3.05) is 19.5 Å². The van der Waals surface area contributed by atoms with Crippen LogP contribution in [0, 0.1) is 11.3 Å². The molecule has 1 amide bonds. The van der Waals surface area contributed by atoms with Crippen LogP contribution in [0.3, 0.4) is 0 Å². The van der Waals surface area contributed by atoms with Crippen LogP contribution in [0.15, 0.2) is 12.1 Å². The summed E-state index contributed by atoms with van der Waals surface area (Å²) in [6.07, 6.45) is 0.295. The molecule has 0 saturated carbocycles. The second kappa shape index (κ2) is 6.72. The van der Waals surface area contributed by atoms with E-state index in [0.717, 1.165) is 0 Å². The van der Waals surface area contributed by atoms with Crippen molar-refractivity contribution in [3.05, 3.63) is 17.2 Å². The van der Waals surface area contributed by atoms with Gasteiger partial charge >= 0.3 is 0 Å². The Morgan fingerprint density at radius 2 is 2.06 bits per heavy atom. The third kappa shape index (κ3) is 3.54. The molecule has 1 aromatic rings. The Labute approximate surface area is 110 Å². The van der Waals surface area contributed by atoms with Crippen molar-refractivity contribution >= 4 is 23.2 Å². The molecule has 1 rings (SSSR count). The predicted molar refractivity (Wildman–Crippen MR) is 68.0 cm³/mol. The van der Waals surface area contributed by atoms with Gasteiger partial charge in [-0.1, -0.05) is 11.6 Å². The Bertz CT molecular complexity index is 483. The molecular weight excluding hydrogens is 256 g/mol. The maximum absolute atomic E-state index is 11.5. The lowest BCUT2D eigenvalue weighted by Gasteiger charge is -2.12. The van der Waals surface area contributed by atoms with E-state index >= 15 is 0 Å². The minimum atomic E-state index is -0.265. The zero-order valence-electron chi connectivity index (χ0n) is 10.1. The molecule has 0 aliphatic carbocycles. The molecule has 18 heavy (non-hydrogen) atoms. The number of halogens is 1. The first-order valence-corrected chi connectivity index (χ1v) is 5.58. The Morgan fingerprint density at radius 3 is 2.61 bits per heavy atom. The van der Waals surface area contributed by atoms with Crippen LogP contribution < -0.4 is 14.8 Å². The van der Waals surface area contributed by atoms with Gasteiger partial charge in [0.05, 0.1) is 31.0 Å². The fourth-order valence-electron chi connectivity index (χ4n) is 1.34. The lowest BCUT2D eigenvalue weighted by molar-refractivity contribution is -0.116. The van der Waals surface area contributed by atoms with Crippen LogP contribution >= 0.6 is 11.6 Å². The van der Waals surface area contributed by atoms with E-state index in [1.807, 2.05) is 6.07 Å². The third-order valence-electron chi connectivity index (χ3n) is 2.21. The first kappa shape index (κ1) is 14.1. The molecule has 1 N–H and O–H groups in total. The first-order valence-electron chi connectivity index (χ1n) is 5.20. The quantitative estimate of drug-likeness (QED) is 0.891. The number of hydrogen-bond donors (Lipinski definition) is 1. The van der Waals surface area contributed by atoms with Crippen LogP contribution in [0.4, 0.5) is 5.69 Å². The van der Waals surface area contributed by atoms with Gasteiger partial charge in [-0.25, -0.2) is 0 Å². The van der Waals surface area contributed by atoms with E-state index in [9.17, 15) is 4.79 Å². The molecule has 0 aromatic heterocycles. The zero-order chi connectivity index (χ0) is 13.5. The smallest absolute Gasteiger partial charge is 0.225 e.